The van der Waals surface area contributed by atoms with Crippen LogP contribution in [0.25, 0.3) is 0 Å². The molecule has 0 saturated carbocycles. The average molecular weight is 406 g/mol. The van der Waals surface area contributed by atoms with Gasteiger partial charge < -0.3 is 16.0 Å². The van der Waals surface area contributed by atoms with Crippen molar-refractivity contribution in [2.45, 2.75) is 45.2 Å². The van der Waals surface area contributed by atoms with Gasteiger partial charge in [0.25, 0.3) is 0 Å². The van der Waals surface area contributed by atoms with Gasteiger partial charge in [0.05, 0.1) is 17.3 Å². The summed E-state index contributed by atoms with van der Waals surface area (Å²) in [5, 5.41) is 3.23. The van der Waals surface area contributed by atoms with Crippen LogP contribution in [0, 0.1) is 5.82 Å². The number of anilines is 1. The van der Waals surface area contributed by atoms with Crippen molar-refractivity contribution >= 4 is 23.5 Å². The molecule has 3 N–H and O–H groups in total. The molecule has 1 atom stereocenters. The second-order valence-corrected chi connectivity index (χ2v) is 7.75. The first kappa shape index (κ1) is 20.5. The Morgan fingerprint density at radius 2 is 2.21 bits per heavy atom. The van der Waals surface area contributed by atoms with E-state index in [1.54, 1.807) is 17.0 Å². The number of carbonyl (C=O) groups excluding carboxylic acids is 1. The van der Waals surface area contributed by atoms with Gasteiger partial charge in [-0.25, -0.2) is 14.4 Å². The van der Waals surface area contributed by atoms with Gasteiger partial charge in [-0.3, -0.25) is 4.79 Å². The molecular formula is C20H25ClFN5O. The van der Waals surface area contributed by atoms with Crippen LogP contribution in [0.1, 0.15) is 43.0 Å². The molecule has 0 fully saturated rings. The summed E-state index contributed by atoms with van der Waals surface area (Å²) in [6.07, 6.45) is 2.80. The summed E-state index contributed by atoms with van der Waals surface area (Å²) in [6.45, 7) is 5.39. The first-order valence-electron chi connectivity index (χ1n) is 9.41. The van der Waals surface area contributed by atoms with Crippen molar-refractivity contribution in [1.29, 1.82) is 0 Å². The Kier molecular flexibility index (Phi) is 6.46. The Labute approximate surface area is 169 Å². The topological polar surface area (TPSA) is 84.1 Å². The van der Waals surface area contributed by atoms with Crippen LogP contribution in [-0.2, 0) is 17.8 Å². The second-order valence-electron chi connectivity index (χ2n) is 7.34. The van der Waals surface area contributed by atoms with Crippen LogP contribution >= 0.6 is 11.6 Å². The van der Waals surface area contributed by atoms with Crippen molar-refractivity contribution in [1.82, 2.24) is 14.9 Å². The van der Waals surface area contributed by atoms with Crippen LogP contribution in [0.15, 0.2) is 24.4 Å². The van der Waals surface area contributed by atoms with Gasteiger partial charge in [-0.15, -0.1) is 0 Å². The second kappa shape index (κ2) is 8.84. The Hall–Kier alpha value is -2.25. The number of benzene rings is 1. The molecule has 3 rings (SSSR count). The van der Waals surface area contributed by atoms with E-state index in [9.17, 15) is 9.18 Å². The van der Waals surface area contributed by atoms with Crippen LogP contribution in [0.5, 0.6) is 0 Å². The highest BCUT2D eigenvalue weighted by molar-refractivity contribution is 6.30. The molecule has 0 radical (unpaired) electrons. The van der Waals surface area contributed by atoms with E-state index in [4.69, 9.17) is 17.3 Å². The zero-order valence-electron chi connectivity index (χ0n) is 16.1. The molecule has 1 aliphatic heterocycles. The van der Waals surface area contributed by atoms with Crippen LogP contribution in [0.3, 0.4) is 0 Å². The number of hydrogen-bond donors (Lipinski definition) is 2. The van der Waals surface area contributed by atoms with Crippen molar-refractivity contribution in [3.63, 3.8) is 0 Å². The third-order valence-corrected chi connectivity index (χ3v) is 5.13. The number of nitrogens with two attached hydrogens (primary N) is 1. The molecule has 2 aromatic rings. The minimum absolute atomic E-state index is 0.00136. The Morgan fingerprint density at radius 3 is 2.89 bits per heavy atom. The molecule has 0 aliphatic carbocycles. The third kappa shape index (κ3) is 4.77. The first-order valence-corrected chi connectivity index (χ1v) is 9.79. The molecule has 150 valence electrons. The van der Waals surface area contributed by atoms with Crippen molar-refractivity contribution in [3.8, 4) is 0 Å². The van der Waals surface area contributed by atoms with Crippen LogP contribution in [0.4, 0.5) is 10.3 Å². The average Bonchev–Trinajstić information content (AvgIpc) is 2.67. The number of hydrogen-bond acceptors (Lipinski definition) is 5. The third-order valence-electron chi connectivity index (χ3n) is 4.84. The zero-order chi connectivity index (χ0) is 20.3. The number of carbonyl (C=O) groups is 1. The number of nitrogens with one attached hydrogen (secondary N) is 1. The maximum absolute atomic E-state index is 13.4. The van der Waals surface area contributed by atoms with Gasteiger partial charge in [-0.2, -0.15) is 0 Å². The predicted molar refractivity (Wildman–Crippen MR) is 108 cm³/mol. The fourth-order valence-electron chi connectivity index (χ4n) is 3.29. The Balaban J connectivity index is 1.70. The lowest BCUT2D eigenvalue weighted by Gasteiger charge is -2.29. The van der Waals surface area contributed by atoms with E-state index in [1.807, 2.05) is 20.0 Å². The van der Waals surface area contributed by atoms with E-state index in [-0.39, 0.29) is 35.9 Å². The molecule has 0 saturated heterocycles. The lowest BCUT2D eigenvalue weighted by molar-refractivity contribution is -0.132. The van der Waals surface area contributed by atoms with E-state index in [2.05, 4.69) is 15.3 Å². The van der Waals surface area contributed by atoms with Gasteiger partial charge in [0.1, 0.15) is 5.82 Å². The van der Waals surface area contributed by atoms with Crippen molar-refractivity contribution < 1.29 is 9.18 Å². The summed E-state index contributed by atoms with van der Waals surface area (Å²) in [5.41, 5.74) is 8.58. The summed E-state index contributed by atoms with van der Waals surface area (Å²) in [5.74, 6) is -0.122. The number of halogens is 2. The zero-order valence-corrected chi connectivity index (χ0v) is 16.8. The summed E-state index contributed by atoms with van der Waals surface area (Å²) >= 11 is 5.88. The number of rotatable bonds is 6. The highest BCUT2D eigenvalue weighted by Gasteiger charge is 2.25. The van der Waals surface area contributed by atoms with Gasteiger partial charge in [0, 0.05) is 31.1 Å². The van der Waals surface area contributed by atoms with Crippen LogP contribution in [-0.4, -0.2) is 39.9 Å². The van der Waals surface area contributed by atoms with E-state index in [1.165, 1.54) is 6.07 Å². The number of nitrogens with zero attached hydrogens (tertiary/aromatic N) is 3. The number of amides is 1. The van der Waals surface area contributed by atoms with E-state index < -0.39 is 5.82 Å². The van der Waals surface area contributed by atoms with Gasteiger partial charge in [0.15, 0.2) is 0 Å². The molecule has 1 amide bonds. The van der Waals surface area contributed by atoms with E-state index in [0.717, 1.165) is 23.2 Å². The van der Waals surface area contributed by atoms with E-state index >= 15 is 0 Å². The van der Waals surface area contributed by atoms with Crippen LogP contribution < -0.4 is 11.1 Å². The molecule has 28 heavy (non-hydrogen) atoms. The molecule has 1 unspecified atom stereocenters. The highest BCUT2D eigenvalue weighted by Crippen LogP contribution is 2.26. The maximum Gasteiger partial charge on any atom is 0.223 e. The minimum Gasteiger partial charge on any atom is -0.352 e. The highest BCUT2D eigenvalue weighted by atomic mass is 35.5. The largest absolute Gasteiger partial charge is 0.352 e. The molecule has 6 nitrogen and oxygen atoms in total. The Bertz CT molecular complexity index is 860. The van der Waals surface area contributed by atoms with Crippen molar-refractivity contribution in [2.75, 3.05) is 18.4 Å². The molecule has 1 aromatic heterocycles. The molecule has 1 aliphatic rings. The van der Waals surface area contributed by atoms with Crippen molar-refractivity contribution in [2.24, 2.45) is 5.73 Å². The number of aromatic nitrogens is 2. The molecule has 0 spiro atoms. The maximum atomic E-state index is 13.4. The molecule has 0 bridgehead atoms. The smallest absolute Gasteiger partial charge is 0.223 e. The quantitative estimate of drug-likeness (QED) is 0.771. The number of fused-ring (bicyclic) bond motifs is 1. The lowest BCUT2D eigenvalue weighted by Crippen LogP contribution is -2.38. The molecule has 8 heteroatoms. The van der Waals surface area contributed by atoms with Crippen molar-refractivity contribution in [3.05, 3.63) is 52.1 Å². The standard InChI is InChI=1S/C20H25ClFN5O/c1-12(2)25-20-24-10-14-5-6-27(11-18(14)26-20)19(28)8-15(9-23)13-3-4-17(22)16(21)7-13/h3-4,7,10,12,15H,5-6,8-9,11,23H2,1-2H3,(H,24,25,26). The Morgan fingerprint density at radius 1 is 1.43 bits per heavy atom. The van der Waals surface area contributed by atoms with Gasteiger partial charge in [0.2, 0.25) is 11.9 Å². The first-order chi connectivity index (χ1) is 13.4. The predicted octanol–water partition coefficient (Wildman–Crippen LogP) is 3.11. The van der Waals surface area contributed by atoms with Crippen LogP contribution in [0.2, 0.25) is 5.02 Å². The molecule has 1 aromatic carbocycles. The summed E-state index contributed by atoms with van der Waals surface area (Å²) in [7, 11) is 0. The normalized spacial score (nSPS) is 14.7. The fourth-order valence-corrected chi connectivity index (χ4v) is 3.48. The molecular weight excluding hydrogens is 381 g/mol. The summed E-state index contributed by atoms with van der Waals surface area (Å²) in [4.78, 5) is 23.6. The summed E-state index contributed by atoms with van der Waals surface area (Å²) in [6, 6.07) is 4.72. The SMILES string of the molecule is CC(C)Nc1ncc2c(n1)CN(C(=O)CC(CN)c1ccc(F)c(Cl)c1)CC2. The van der Waals surface area contributed by atoms with E-state index in [0.29, 0.717) is 19.0 Å². The van der Waals surface area contributed by atoms with Gasteiger partial charge >= 0.3 is 0 Å². The molecule has 2 heterocycles. The summed E-state index contributed by atoms with van der Waals surface area (Å²) < 4.78 is 13.4. The lowest BCUT2D eigenvalue weighted by atomic mass is 9.94. The minimum atomic E-state index is -0.481. The van der Waals surface area contributed by atoms with Gasteiger partial charge in [-0.05, 0) is 50.1 Å². The fraction of sp³-hybridized carbons (Fsp3) is 0.450. The monoisotopic (exact) mass is 405 g/mol. The van der Waals surface area contributed by atoms with Gasteiger partial charge in [-0.1, -0.05) is 17.7 Å².